The summed E-state index contributed by atoms with van der Waals surface area (Å²) < 4.78 is 0. The molecule has 0 saturated heterocycles. The summed E-state index contributed by atoms with van der Waals surface area (Å²) in [6.45, 7) is 7.91. The van der Waals surface area contributed by atoms with E-state index in [4.69, 9.17) is 9.97 Å². The summed E-state index contributed by atoms with van der Waals surface area (Å²) in [6.07, 6.45) is 18.3. The summed E-state index contributed by atoms with van der Waals surface area (Å²) in [7, 11) is 0. The molecule has 0 amide bonds. The van der Waals surface area contributed by atoms with Gasteiger partial charge >= 0.3 is 0 Å². The fraction of sp³-hybridized carbons (Fsp3) is 0.0435. The molecule has 0 radical (unpaired) electrons. The van der Waals surface area contributed by atoms with Gasteiger partial charge in [0, 0.05) is 68.8 Å². The van der Waals surface area contributed by atoms with Crippen LogP contribution in [-0.4, -0.2) is 9.97 Å². The number of nitrogens with zero attached hydrogens (tertiary/aromatic N) is 4. The van der Waals surface area contributed by atoms with Crippen molar-refractivity contribution in [1.29, 1.82) is 0 Å². The molecule has 2 heterocycles. The molecule has 0 spiro atoms. The third kappa shape index (κ3) is 7.01. The minimum Gasteiger partial charge on any atom is -0.311 e. The molecule has 1 aliphatic carbocycles. The van der Waals surface area contributed by atoms with Crippen LogP contribution in [-0.2, 0) is 0 Å². The van der Waals surface area contributed by atoms with Crippen LogP contribution in [0.15, 0.2) is 207 Å². The van der Waals surface area contributed by atoms with Gasteiger partial charge < -0.3 is 9.80 Å². The van der Waals surface area contributed by atoms with E-state index in [2.05, 4.69) is 156 Å². The van der Waals surface area contributed by atoms with E-state index in [1.165, 1.54) is 5.70 Å². The second-order valence-electron chi connectivity index (χ2n) is 11.9. The quantitative estimate of drug-likeness (QED) is 0.131. The second-order valence-corrected chi connectivity index (χ2v) is 11.9. The molecule has 1 aliphatic rings. The third-order valence-electron chi connectivity index (χ3n) is 8.72. The fourth-order valence-corrected chi connectivity index (χ4v) is 6.20. The number of hydrogen-bond donors (Lipinski definition) is 0. The van der Waals surface area contributed by atoms with Crippen molar-refractivity contribution in [1.82, 2.24) is 9.97 Å². The topological polar surface area (TPSA) is 32.3 Å². The van der Waals surface area contributed by atoms with Crippen molar-refractivity contribution < 1.29 is 0 Å². The highest BCUT2D eigenvalue weighted by Crippen LogP contribution is 2.35. The first kappa shape index (κ1) is 32.0. The summed E-state index contributed by atoms with van der Waals surface area (Å²) in [4.78, 5) is 14.1. The molecule has 0 fully saturated rings. The van der Waals surface area contributed by atoms with Crippen molar-refractivity contribution in [3.8, 4) is 33.6 Å². The van der Waals surface area contributed by atoms with E-state index in [-0.39, 0.29) is 0 Å². The highest BCUT2D eigenvalue weighted by atomic mass is 15.2. The maximum atomic E-state index is 4.83. The van der Waals surface area contributed by atoms with Gasteiger partial charge in [-0.25, -0.2) is 0 Å². The van der Waals surface area contributed by atoms with E-state index in [0.717, 1.165) is 74.9 Å². The van der Waals surface area contributed by atoms with E-state index in [9.17, 15) is 0 Å². The first-order chi connectivity index (χ1) is 24.7. The lowest BCUT2D eigenvalue weighted by atomic mass is 10.0. The molecule has 4 aromatic carbocycles. The molecule has 4 nitrogen and oxygen atoms in total. The van der Waals surface area contributed by atoms with E-state index in [0.29, 0.717) is 0 Å². The van der Waals surface area contributed by atoms with Gasteiger partial charge in [-0.1, -0.05) is 104 Å². The summed E-state index contributed by atoms with van der Waals surface area (Å²) in [6, 6.07) is 46.2. The van der Waals surface area contributed by atoms with Gasteiger partial charge in [-0.15, -0.1) is 0 Å². The van der Waals surface area contributed by atoms with Gasteiger partial charge in [0.25, 0.3) is 0 Å². The third-order valence-corrected chi connectivity index (χ3v) is 8.72. The number of hydrogen-bond acceptors (Lipinski definition) is 4. The second kappa shape index (κ2) is 15.1. The number of rotatable bonds is 11. The number of allylic oxidation sites excluding steroid dienone is 6. The van der Waals surface area contributed by atoms with E-state index < -0.39 is 0 Å². The number of para-hydroxylation sites is 2. The van der Waals surface area contributed by atoms with E-state index >= 15 is 0 Å². The molecule has 0 bridgehead atoms. The zero-order valence-electron chi connectivity index (χ0n) is 27.9. The lowest BCUT2D eigenvalue weighted by molar-refractivity contribution is 0.997. The fourth-order valence-electron chi connectivity index (χ4n) is 6.20. The zero-order valence-corrected chi connectivity index (χ0v) is 27.9. The van der Waals surface area contributed by atoms with E-state index in [1.807, 2.05) is 42.7 Å². The molecule has 2 aromatic heterocycles. The maximum absolute atomic E-state index is 4.83. The van der Waals surface area contributed by atoms with Crippen LogP contribution in [0.2, 0.25) is 0 Å². The maximum Gasteiger partial charge on any atom is 0.0702 e. The largest absolute Gasteiger partial charge is 0.311 e. The van der Waals surface area contributed by atoms with E-state index in [1.54, 1.807) is 6.08 Å². The Labute approximate surface area is 295 Å². The molecule has 242 valence electrons. The van der Waals surface area contributed by atoms with Crippen LogP contribution in [0.5, 0.6) is 0 Å². The van der Waals surface area contributed by atoms with Crippen molar-refractivity contribution in [3.05, 3.63) is 207 Å². The Morgan fingerprint density at radius 1 is 0.540 bits per heavy atom. The van der Waals surface area contributed by atoms with Crippen LogP contribution in [0.3, 0.4) is 0 Å². The SMILES string of the molecule is C=C/C=C(\C=C)N(c1ccccc1)c1ccc(-c2ccc(-c3ccc(-c4ccc(N(C5=CCCC=C5)c5ccccc5)cc4)nc3)cn2)cc1. The number of pyridine rings is 2. The van der Waals surface area contributed by atoms with Crippen molar-refractivity contribution >= 4 is 22.7 Å². The molecule has 0 unspecified atom stereocenters. The molecule has 7 rings (SSSR count). The van der Waals surface area contributed by atoms with Gasteiger partial charge in [0.05, 0.1) is 11.4 Å². The normalized spacial score (nSPS) is 12.6. The van der Waals surface area contributed by atoms with Crippen LogP contribution < -0.4 is 9.80 Å². The van der Waals surface area contributed by atoms with Crippen LogP contribution in [0.4, 0.5) is 22.7 Å². The molecule has 0 saturated carbocycles. The zero-order chi connectivity index (χ0) is 34.1. The lowest BCUT2D eigenvalue weighted by Crippen LogP contribution is -2.16. The van der Waals surface area contributed by atoms with Gasteiger partial charge in [-0.05, 0) is 91.7 Å². The van der Waals surface area contributed by atoms with Crippen LogP contribution in [0, 0.1) is 0 Å². The Bertz CT molecular complexity index is 2140. The number of aromatic nitrogens is 2. The van der Waals surface area contributed by atoms with Gasteiger partial charge in [-0.2, -0.15) is 0 Å². The minimum absolute atomic E-state index is 0.908. The van der Waals surface area contributed by atoms with Crippen molar-refractivity contribution in [2.45, 2.75) is 12.8 Å². The molecule has 0 atom stereocenters. The highest BCUT2D eigenvalue weighted by molar-refractivity contribution is 5.75. The average Bonchev–Trinajstić information content (AvgIpc) is 3.20. The summed E-state index contributed by atoms with van der Waals surface area (Å²) in [5, 5.41) is 0. The summed E-state index contributed by atoms with van der Waals surface area (Å²) >= 11 is 0. The summed E-state index contributed by atoms with van der Waals surface area (Å²) in [5.41, 5.74) is 12.5. The molecular formula is C46H38N4. The Balaban J connectivity index is 1.07. The number of anilines is 4. The Morgan fingerprint density at radius 3 is 1.52 bits per heavy atom. The van der Waals surface area contributed by atoms with Gasteiger partial charge in [0.1, 0.15) is 0 Å². The molecule has 4 heteroatoms. The average molecular weight is 647 g/mol. The van der Waals surface area contributed by atoms with Crippen molar-refractivity contribution in [2.75, 3.05) is 9.80 Å². The molecule has 50 heavy (non-hydrogen) atoms. The Hall–Kier alpha value is -6.52. The van der Waals surface area contributed by atoms with Crippen molar-refractivity contribution in [3.63, 3.8) is 0 Å². The molecular weight excluding hydrogens is 609 g/mol. The molecule has 0 N–H and O–H groups in total. The molecule has 6 aromatic rings. The Morgan fingerprint density at radius 2 is 1.04 bits per heavy atom. The van der Waals surface area contributed by atoms with Gasteiger partial charge in [0.2, 0.25) is 0 Å². The molecule has 0 aliphatic heterocycles. The minimum atomic E-state index is 0.908. The van der Waals surface area contributed by atoms with Crippen molar-refractivity contribution in [2.24, 2.45) is 0 Å². The monoisotopic (exact) mass is 646 g/mol. The van der Waals surface area contributed by atoms with Crippen LogP contribution >= 0.6 is 0 Å². The number of benzene rings is 4. The first-order valence-corrected chi connectivity index (χ1v) is 16.9. The van der Waals surface area contributed by atoms with Crippen LogP contribution in [0.25, 0.3) is 33.6 Å². The lowest BCUT2D eigenvalue weighted by Gasteiger charge is -2.27. The predicted octanol–water partition coefficient (Wildman–Crippen LogP) is 12.2. The van der Waals surface area contributed by atoms with Crippen LogP contribution in [0.1, 0.15) is 12.8 Å². The standard InChI is InChI=1S/C46H38N4/c1-3-14-39(4-2)49(40-15-8-5-9-16-40)43-27-21-35(22-28-43)45-31-25-37(33-47-45)38-26-32-46(48-34-38)36-23-29-44(30-24-36)50(41-17-10-6-11-18-41)42-19-12-7-13-20-42/h3-6,8-12,14-34H,1-2,7,13H2/b39-14+. The first-order valence-electron chi connectivity index (χ1n) is 16.9. The van der Waals surface area contributed by atoms with Gasteiger partial charge in [0.15, 0.2) is 0 Å². The highest BCUT2D eigenvalue weighted by Gasteiger charge is 2.15. The Kier molecular flexibility index (Phi) is 9.70. The predicted molar refractivity (Wildman–Crippen MR) is 210 cm³/mol. The summed E-state index contributed by atoms with van der Waals surface area (Å²) in [5.74, 6) is 0. The smallest absolute Gasteiger partial charge is 0.0702 e. The van der Waals surface area contributed by atoms with Gasteiger partial charge in [-0.3, -0.25) is 9.97 Å².